The quantitative estimate of drug-likeness (QED) is 0.637. The highest BCUT2D eigenvalue weighted by Gasteiger charge is 2.32. The molecule has 1 aliphatic heterocycles. The molecule has 0 radical (unpaired) electrons. The molecule has 176 valence electrons. The molecule has 10 heteroatoms. The number of nitrogens with one attached hydrogen (secondary N) is 1. The molecule has 2 heterocycles. The Morgan fingerprint density at radius 3 is 2.47 bits per heavy atom. The van der Waals surface area contributed by atoms with E-state index in [1.807, 2.05) is 24.3 Å². The second-order valence-electron chi connectivity index (χ2n) is 8.02. The number of benzene rings is 1. The number of urea groups is 1. The molecule has 2 aromatic rings. The number of amides is 2. The zero-order valence-electron chi connectivity index (χ0n) is 19.3. The SMILES string of the molecule is CCCCOc1ccc(NC(=O)N2CCCN(S(=O)(=O)c3c(C)nn(C)c3C)CC2)cc1. The van der Waals surface area contributed by atoms with Gasteiger partial charge in [-0.3, -0.25) is 4.68 Å². The predicted molar refractivity (Wildman–Crippen MR) is 123 cm³/mol. The number of aryl methyl sites for hydroxylation is 2. The third kappa shape index (κ3) is 5.42. The molecule has 0 saturated carbocycles. The van der Waals surface area contributed by atoms with Crippen LogP contribution in [0, 0.1) is 13.8 Å². The Morgan fingerprint density at radius 1 is 1.12 bits per heavy atom. The highest BCUT2D eigenvalue weighted by atomic mass is 32.2. The van der Waals surface area contributed by atoms with E-state index in [9.17, 15) is 13.2 Å². The number of unbranched alkanes of at least 4 members (excludes halogenated alkanes) is 1. The Morgan fingerprint density at radius 2 is 1.84 bits per heavy atom. The summed E-state index contributed by atoms with van der Waals surface area (Å²) in [6.07, 6.45) is 2.64. The van der Waals surface area contributed by atoms with Crippen molar-refractivity contribution in [2.45, 2.75) is 44.9 Å². The molecule has 0 bridgehead atoms. The van der Waals surface area contributed by atoms with E-state index in [0.29, 0.717) is 49.7 Å². The molecule has 32 heavy (non-hydrogen) atoms. The van der Waals surface area contributed by atoms with E-state index in [1.165, 1.54) is 4.31 Å². The summed E-state index contributed by atoms with van der Waals surface area (Å²) in [7, 11) is -1.93. The van der Waals surface area contributed by atoms with Crippen molar-refractivity contribution in [2.75, 3.05) is 38.1 Å². The number of hydrogen-bond acceptors (Lipinski definition) is 5. The van der Waals surface area contributed by atoms with Gasteiger partial charge >= 0.3 is 6.03 Å². The average Bonchev–Trinajstić information content (AvgIpc) is 2.92. The minimum absolute atomic E-state index is 0.238. The molecule has 2 amide bonds. The molecule has 1 aromatic heterocycles. The summed E-state index contributed by atoms with van der Waals surface area (Å²) in [5.41, 5.74) is 1.78. The molecular formula is C22H33N5O4S. The highest BCUT2D eigenvalue weighted by Crippen LogP contribution is 2.24. The first-order valence-electron chi connectivity index (χ1n) is 11.0. The Labute approximate surface area is 190 Å². The van der Waals surface area contributed by atoms with Gasteiger partial charge in [0.25, 0.3) is 0 Å². The fraction of sp³-hybridized carbons (Fsp3) is 0.545. The minimum atomic E-state index is -3.67. The summed E-state index contributed by atoms with van der Waals surface area (Å²) in [4.78, 5) is 14.7. The van der Waals surface area contributed by atoms with E-state index in [4.69, 9.17) is 4.74 Å². The molecule has 9 nitrogen and oxygen atoms in total. The van der Waals surface area contributed by atoms with Crippen LogP contribution in [-0.4, -0.2) is 66.2 Å². The molecule has 3 rings (SSSR count). The lowest BCUT2D eigenvalue weighted by molar-refractivity contribution is 0.214. The van der Waals surface area contributed by atoms with Gasteiger partial charge in [-0.15, -0.1) is 0 Å². The van der Waals surface area contributed by atoms with Gasteiger partial charge in [-0.1, -0.05) is 13.3 Å². The van der Waals surface area contributed by atoms with Crippen LogP contribution < -0.4 is 10.1 Å². The van der Waals surface area contributed by atoms with Crippen LogP contribution in [0.15, 0.2) is 29.2 Å². The molecule has 0 unspecified atom stereocenters. The number of rotatable bonds is 7. The van der Waals surface area contributed by atoms with Crippen LogP contribution in [0.1, 0.15) is 37.6 Å². The van der Waals surface area contributed by atoms with Gasteiger partial charge in [0.05, 0.1) is 18.0 Å². The van der Waals surface area contributed by atoms with E-state index in [1.54, 1.807) is 30.5 Å². The number of aromatic nitrogens is 2. The Balaban J connectivity index is 1.60. The average molecular weight is 464 g/mol. The van der Waals surface area contributed by atoms with E-state index in [0.717, 1.165) is 18.6 Å². The Bertz CT molecular complexity index is 1030. The summed E-state index contributed by atoms with van der Waals surface area (Å²) in [5.74, 6) is 0.771. The van der Waals surface area contributed by atoms with Crippen LogP contribution in [0.25, 0.3) is 0 Å². The van der Waals surface area contributed by atoms with Gasteiger partial charge in [0, 0.05) is 38.9 Å². The number of sulfonamides is 1. The molecule has 1 aliphatic rings. The lowest BCUT2D eigenvalue weighted by Gasteiger charge is -2.22. The van der Waals surface area contributed by atoms with Crippen molar-refractivity contribution in [3.8, 4) is 5.75 Å². The van der Waals surface area contributed by atoms with Gasteiger partial charge in [0.2, 0.25) is 10.0 Å². The van der Waals surface area contributed by atoms with Crippen LogP contribution in [0.4, 0.5) is 10.5 Å². The van der Waals surface area contributed by atoms with Crippen molar-refractivity contribution >= 4 is 21.7 Å². The van der Waals surface area contributed by atoms with E-state index in [-0.39, 0.29) is 17.5 Å². The molecule has 1 fully saturated rings. The summed E-state index contributed by atoms with van der Waals surface area (Å²) in [6, 6.07) is 7.04. The first-order chi connectivity index (χ1) is 15.2. The van der Waals surface area contributed by atoms with Crippen LogP contribution in [0.5, 0.6) is 5.75 Å². The predicted octanol–water partition coefficient (Wildman–Crippen LogP) is 3.14. The van der Waals surface area contributed by atoms with E-state index >= 15 is 0 Å². The molecule has 1 aromatic carbocycles. The minimum Gasteiger partial charge on any atom is -0.494 e. The van der Waals surface area contributed by atoms with Gasteiger partial charge in [0.1, 0.15) is 10.6 Å². The number of carbonyl (C=O) groups excluding carboxylic acids is 1. The standard InChI is InChI=1S/C22H33N5O4S/c1-5-6-16-31-20-10-8-19(9-11-20)23-22(28)26-12-7-13-27(15-14-26)32(29,30)21-17(2)24-25(4)18(21)3/h8-11H,5-7,12-16H2,1-4H3,(H,23,28). The topological polar surface area (TPSA) is 96.8 Å². The van der Waals surface area contributed by atoms with Crippen molar-refractivity contribution in [1.82, 2.24) is 19.0 Å². The van der Waals surface area contributed by atoms with Gasteiger partial charge < -0.3 is 15.0 Å². The molecule has 0 aliphatic carbocycles. The highest BCUT2D eigenvalue weighted by molar-refractivity contribution is 7.89. The lowest BCUT2D eigenvalue weighted by Crippen LogP contribution is -2.39. The number of hydrogen-bond donors (Lipinski definition) is 1. The molecule has 1 saturated heterocycles. The van der Waals surface area contributed by atoms with E-state index in [2.05, 4.69) is 17.3 Å². The van der Waals surface area contributed by atoms with Crippen LogP contribution in [0.3, 0.4) is 0 Å². The fourth-order valence-electron chi connectivity index (χ4n) is 3.77. The first kappa shape index (κ1) is 24.1. The van der Waals surface area contributed by atoms with Crippen LogP contribution in [0.2, 0.25) is 0 Å². The maximum absolute atomic E-state index is 13.2. The summed E-state index contributed by atoms with van der Waals surface area (Å²) >= 11 is 0. The number of carbonyl (C=O) groups is 1. The molecule has 1 N–H and O–H groups in total. The normalized spacial score (nSPS) is 15.4. The first-order valence-corrected chi connectivity index (χ1v) is 12.5. The van der Waals surface area contributed by atoms with Gasteiger partial charge in [-0.2, -0.15) is 9.40 Å². The third-order valence-electron chi connectivity index (χ3n) is 5.65. The zero-order valence-corrected chi connectivity index (χ0v) is 20.1. The summed E-state index contributed by atoms with van der Waals surface area (Å²) in [6.45, 7) is 7.66. The maximum atomic E-state index is 13.2. The van der Waals surface area contributed by atoms with E-state index < -0.39 is 10.0 Å². The van der Waals surface area contributed by atoms with Crippen molar-refractivity contribution < 1.29 is 17.9 Å². The second-order valence-corrected chi connectivity index (χ2v) is 9.90. The lowest BCUT2D eigenvalue weighted by atomic mass is 10.3. The van der Waals surface area contributed by atoms with Crippen molar-refractivity contribution in [3.63, 3.8) is 0 Å². The zero-order chi connectivity index (χ0) is 23.3. The van der Waals surface area contributed by atoms with Crippen molar-refractivity contribution in [2.24, 2.45) is 7.05 Å². The maximum Gasteiger partial charge on any atom is 0.321 e. The monoisotopic (exact) mass is 463 g/mol. The Hall–Kier alpha value is -2.59. The van der Waals surface area contributed by atoms with Gasteiger partial charge in [-0.25, -0.2) is 13.2 Å². The van der Waals surface area contributed by atoms with Crippen molar-refractivity contribution in [3.05, 3.63) is 35.7 Å². The molecule has 0 spiro atoms. The third-order valence-corrected chi connectivity index (χ3v) is 7.81. The largest absolute Gasteiger partial charge is 0.494 e. The second kappa shape index (κ2) is 10.4. The van der Waals surface area contributed by atoms with Crippen molar-refractivity contribution in [1.29, 1.82) is 0 Å². The smallest absolute Gasteiger partial charge is 0.321 e. The van der Waals surface area contributed by atoms with Gasteiger partial charge in [-0.05, 0) is 51.0 Å². The van der Waals surface area contributed by atoms with Crippen LogP contribution in [-0.2, 0) is 17.1 Å². The Kier molecular flexibility index (Phi) is 7.78. The molecule has 0 atom stereocenters. The summed E-state index contributed by atoms with van der Waals surface area (Å²) < 4.78 is 35.1. The van der Waals surface area contributed by atoms with Crippen LogP contribution >= 0.6 is 0 Å². The summed E-state index contributed by atoms with van der Waals surface area (Å²) in [5, 5.41) is 7.13. The fourth-order valence-corrected chi connectivity index (χ4v) is 5.63. The van der Waals surface area contributed by atoms with Gasteiger partial charge in [0.15, 0.2) is 0 Å². The molecular weight excluding hydrogens is 430 g/mol. The number of ether oxygens (including phenoxy) is 1. The number of anilines is 1. The number of nitrogens with zero attached hydrogens (tertiary/aromatic N) is 4.